The highest BCUT2D eigenvalue weighted by atomic mass is 79.9. The Balaban J connectivity index is 2.02. The van der Waals surface area contributed by atoms with E-state index in [1.807, 2.05) is 30.7 Å². The molecular weight excluding hydrogens is 453 g/mol. The Morgan fingerprint density at radius 3 is 2.72 bits per heavy atom. The third-order valence-corrected chi connectivity index (χ3v) is 6.60. The average molecular weight is 472 g/mol. The van der Waals surface area contributed by atoms with Crippen molar-refractivity contribution in [3.63, 3.8) is 0 Å². The van der Waals surface area contributed by atoms with Crippen LogP contribution in [0.4, 0.5) is 10.1 Å². The standard InChI is InChI=1S/C22H19BrFN3OS/c1-22(2)8-17-20(18(28)9-22)19(12-5-6-29-11-12)14(10-25)21(26)27(17)16-4-3-13(23)7-15(16)24/h3-7,11,19H,8-9,26H2,1-2H3. The van der Waals surface area contributed by atoms with Gasteiger partial charge in [0, 0.05) is 22.2 Å². The zero-order valence-corrected chi connectivity index (χ0v) is 18.4. The minimum atomic E-state index is -0.514. The van der Waals surface area contributed by atoms with Gasteiger partial charge >= 0.3 is 0 Å². The predicted molar refractivity (Wildman–Crippen MR) is 116 cm³/mol. The summed E-state index contributed by atoms with van der Waals surface area (Å²) in [5.41, 5.74) is 8.80. The fourth-order valence-electron chi connectivity index (χ4n) is 4.22. The van der Waals surface area contributed by atoms with Crippen LogP contribution in [0, 0.1) is 22.6 Å². The molecule has 0 radical (unpaired) electrons. The molecule has 1 aromatic heterocycles. The van der Waals surface area contributed by atoms with Crippen molar-refractivity contribution in [1.29, 1.82) is 5.26 Å². The van der Waals surface area contributed by atoms with Gasteiger partial charge in [0.15, 0.2) is 5.78 Å². The van der Waals surface area contributed by atoms with Crippen molar-refractivity contribution in [2.45, 2.75) is 32.6 Å². The number of halogens is 2. The van der Waals surface area contributed by atoms with E-state index < -0.39 is 11.7 Å². The Hall–Kier alpha value is -2.43. The van der Waals surface area contributed by atoms with Crippen molar-refractivity contribution in [2.24, 2.45) is 11.1 Å². The molecular formula is C22H19BrFN3OS. The summed E-state index contributed by atoms with van der Waals surface area (Å²) < 4.78 is 15.5. The Bertz CT molecular complexity index is 1110. The van der Waals surface area contributed by atoms with Crippen LogP contribution in [0.5, 0.6) is 0 Å². The Morgan fingerprint density at radius 2 is 2.10 bits per heavy atom. The van der Waals surface area contributed by atoms with Crippen LogP contribution in [-0.2, 0) is 4.79 Å². The first kappa shape index (κ1) is 19.9. The number of nitrogens with two attached hydrogens (primary N) is 1. The van der Waals surface area contributed by atoms with E-state index in [0.29, 0.717) is 28.6 Å². The fraction of sp³-hybridized carbons (Fsp3) is 0.273. The molecule has 1 aromatic carbocycles. The van der Waals surface area contributed by atoms with Crippen molar-refractivity contribution in [3.8, 4) is 6.07 Å². The van der Waals surface area contributed by atoms with Crippen molar-refractivity contribution >= 4 is 38.7 Å². The first-order valence-corrected chi connectivity index (χ1v) is 10.9. The summed E-state index contributed by atoms with van der Waals surface area (Å²) >= 11 is 4.78. The van der Waals surface area contributed by atoms with Crippen molar-refractivity contribution in [1.82, 2.24) is 0 Å². The minimum Gasteiger partial charge on any atom is -0.384 e. The maximum Gasteiger partial charge on any atom is 0.162 e. The molecule has 0 fully saturated rings. The van der Waals surface area contributed by atoms with Crippen LogP contribution in [0.25, 0.3) is 0 Å². The summed E-state index contributed by atoms with van der Waals surface area (Å²) in [5.74, 6) is -0.833. The van der Waals surface area contributed by atoms with E-state index >= 15 is 0 Å². The molecule has 0 saturated heterocycles. The van der Waals surface area contributed by atoms with Crippen molar-refractivity contribution in [2.75, 3.05) is 4.90 Å². The van der Waals surface area contributed by atoms with Gasteiger partial charge in [-0.1, -0.05) is 29.8 Å². The van der Waals surface area contributed by atoms with E-state index in [2.05, 4.69) is 22.0 Å². The number of hydrogen-bond acceptors (Lipinski definition) is 5. The van der Waals surface area contributed by atoms with Crippen LogP contribution in [0.1, 0.15) is 38.2 Å². The SMILES string of the molecule is CC1(C)CC(=O)C2=C(C1)N(c1ccc(Br)cc1F)C(N)=C(C#N)C2c1ccsc1. The Labute approximate surface area is 181 Å². The molecule has 1 unspecified atom stereocenters. The molecule has 7 heteroatoms. The number of nitriles is 1. The molecule has 0 spiro atoms. The van der Waals surface area contributed by atoms with Crippen LogP contribution in [0.15, 0.2) is 62.2 Å². The van der Waals surface area contributed by atoms with E-state index in [-0.39, 0.29) is 28.3 Å². The maximum absolute atomic E-state index is 14.9. The lowest BCUT2D eigenvalue weighted by Gasteiger charge is -2.43. The molecule has 2 N–H and O–H groups in total. The quantitative estimate of drug-likeness (QED) is 0.619. The second-order valence-corrected chi connectivity index (χ2v) is 9.83. The van der Waals surface area contributed by atoms with E-state index in [1.54, 1.807) is 17.0 Å². The summed E-state index contributed by atoms with van der Waals surface area (Å²) in [4.78, 5) is 14.8. The monoisotopic (exact) mass is 471 g/mol. The first-order chi connectivity index (χ1) is 13.7. The lowest BCUT2D eigenvalue weighted by Crippen LogP contribution is -2.42. The molecule has 1 atom stereocenters. The highest BCUT2D eigenvalue weighted by Gasteiger charge is 2.45. The van der Waals surface area contributed by atoms with Crippen LogP contribution in [0.3, 0.4) is 0 Å². The summed E-state index contributed by atoms with van der Waals surface area (Å²) in [7, 11) is 0. The number of anilines is 1. The van der Waals surface area contributed by atoms with Crippen LogP contribution in [-0.4, -0.2) is 5.78 Å². The van der Waals surface area contributed by atoms with E-state index in [9.17, 15) is 14.4 Å². The number of carbonyl (C=O) groups is 1. The number of carbonyl (C=O) groups excluding carboxylic acids is 1. The van der Waals surface area contributed by atoms with Gasteiger partial charge in [0.05, 0.1) is 23.2 Å². The largest absolute Gasteiger partial charge is 0.384 e. The predicted octanol–water partition coefficient (Wildman–Crippen LogP) is 5.59. The van der Waals surface area contributed by atoms with E-state index in [4.69, 9.17) is 5.73 Å². The number of nitrogens with zero attached hydrogens (tertiary/aromatic N) is 2. The minimum absolute atomic E-state index is 0.0183. The topological polar surface area (TPSA) is 70.1 Å². The molecule has 4 nitrogen and oxygen atoms in total. The zero-order chi connectivity index (χ0) is 20.9. The van der Waals surface area contributed by atoms with Crippen LogP contribution >= 0.6 is 27.3 Å². The second-order valence-electron chi connectivity index (χ2n) is 8.13. The lowest BCUT2D eigenvalue weighted by molar-refractivity contribution is -0.118. The molecule has 2 heterocycles. The third kappa shape index (κ3) is 3.30. The van der Waals surface area contributed by atoms with Gasteiger partial charge in [-0.15, -0.1) is 0 Å². The van der Waals surface area contributed by atoms with Crippen molar-refractivity contribution in [3.05, 3.63) is 73.5 Å². The Morgan fingerprint density at radius 1 is 1.34 bits per heavy atom. The zero-order valence-electron chi connectivity index (χ0n) is 16.0. The third-order valence-electron chi connectivity index (χ3n) is 5.41. The fourth-order valence-corrected chi connectivity index (χ4v) is 5.24. The maximum atomic E-state index is 14.9. The number of hydrogen-bond donors (Lipinski definition) is 1. The number of ketones is 1. The molecule has 0 amide bonds. The molecule has 0 saturated carbocycles. The highest BCUT2D eigenvalue weighted by Crippen LogP contribution is 2.50. The van der Waals surface area contributed by atoms with Gasteiger partial charge in [0.2, 0.25) is 0 Å². The van der Waals surface area contributed by atoms with Crippen molar-refractivity contribution < 1.29 is 9.18 Å². The number of benzene rings is 1. The molecule has 2 aliphatic rings. The second kappa shape index (κ2) is 7.12. The number of Topliss-reactive ketones (excluding diaryl/α,β-unsaturated/α-hetero) is 1. The summed E-state index contributed by atoms with van der Waals surface area (Å²) in [5, 5.41) is 13.8. The summed E-state index contributed by atoms with van der Waals surface area (Å²) in [6, 6.07) is 8.80. The van der Waals surface area contributed by atoms with Crippen LogP contribution < -0.4 is 10.6 Å². The molecule has 1 aliphatic carbocycles. The smallest absolute Gasteiger partial charge is 0.162 e. The van der Waals surface area contributed by atoms with Gasteiger partial charge in [0.25, 0.3) is 0 Å². The van der Waals surface area contributed by atoms with Gasteiger partial charge in [-0.25, -0.2) is 4.39 Å². The van der Waals surface area contributed by atoms with E-state index in [0.717, 1.165) is 5.56 Å². The van der Waals surface area contributed by atoms with Gasteiger partial charge in [-0.05, 0) is 52.4 Å². The average Bonchev–Trinajstić information content (AvgIpc) is 3.15. The Kier molecular flexibility index (Phi) is 4.88. The van der Waals surface area contributed by atoms with Gasteiger partial charge in [-0.2, -0.15) is 16.6 Å². The van der Waals surface area contributed by atoms with E-state index in [1.165, 1.54) is 17.4 Å². The number of rotatable bonds is 2. The molecule has 4 rings (SSSR count). The molecule has 1 aliphatic heterocycles. The normalized spacial score (nSPS) is 21.3. The first-order valence-electron chi connectivity index (χ1n) is 9.17. The summed E-state index contributed by atoms with van der Waals surface area (Å²) in [6.07, 6.45) is 0.936. The van der Waals surface area contributed by atoms with Gasteiger partial charge < -0.3 is 5.73 Å². The highest BCUT2D eigenvalue weighted by molar-refractivity contribution is 9.10. The molecule has 148 valence electrons. The number of allylic oxidation sites excluding steroid dienone is 3. The van der Waals surface area contributed by atoms with Crippen LogP contribution in [0.2, 0.25) is 0 Å². The lowest BCUT2D eigenvalue weighted by atomic mass is 9.69. The number of thiophene rings is 1. The van der Waals surface area contributed by atoms with Gasteiger partial charge in [0.1, 0.15) is 11.6 Å². The molecule has 2 aromatic rings. The summed E-state index contributed by atoms with van der Waals surface area (Å²) in [6.45, 7) is 4.04. The molecule has 0 bridgehead atoms. The van der Waals surface area contributed by atoms with Gasteiger partial charge in [-0.3, -0.25) is 9.69 Å². The molecule has 29 heavy (non-hydrogen) atoms.